The first-order valence-electron chi connectivity index (χ1n) is 10.3. The molecule has 0 aliphatic carbocycles. The molecule has 1 aromatic heterocycles. The number of rotatable bonds is 15. The molecule has 0 saturated carbocycles. The Hall–Kier alpha value is -1.18. The zero-order valence-electron chi connectivity index (χ0n) is 17.9. The number of ether oxygens (including phenoxy) is 3. The summed E-state index contributed by atoms with van der Waals surface area (Å²) < 4.78 is 54.7. The lowest BCUT2D eigenvalue weighted by Gasteiger charge is -2.25. The van der Waals surface area contributed by atoms with Crippen molar-refractivity contribution >= 4 is 9.84 Å². The molecule has 0 atom stereocenters. The van der Waals surface area contributed by atoms with Gasteiger partial charge < -0.3 is 19.5 Å². The number of sulfone groups is 1. The Morgan fingerprint density at radius 3 is 2.27 bits per heavy atom. The summed E-state index contributed by atoms with van der Waals surface area (Å²) in [4.78, 5) is 1.87. The molecule has 1 aromatic rings. The number of hydrogen-bond acceptors (Lipinski definition) is 9. The van der Waals surface area contributed by atoms with Crippen molar-refractivity contribution < 1.29 is 27.0 Å². The molecular formula is C18H34FN5O5S. The van der Waals surface area contributed by atoms with Crippen LogP contribution in [0.25, 0.3) is 0 Å². The van der Waals surface area contributed by atoms with Crippen molar-refractivity contribution in [3.8, 4) is 0 Å². The molecule has 0 unspecified atom stereocenters. The first-order chi connectivity index (χ1) is 14.4. The second-order valence-corrected chi connectivity index (χ2v) is 9.73. The van der Waals surface area contributed by atoms with Gasteiger partial charge in [0.2, 0.25) is 5.95 Å². The van der Waals surface area contributed by atoms with Gasteiger partial charge in [-0.15, -0.1) is 5.10 Å². The fourth-order valence-corrected chi connectivity index (χ4v) is 4.09. The highest BCUT2D eigenvalue weighted by Crippen LogP contribution is 2.10. The van der Waals surface area contributed by atoms with Gasteiger partial charge in [0.1, 0.15) is 5.69 Å². The predicted octanol–water partition coefficient (Wildman–Crippen LogP) is -0.305. The first-order valence-corrected chi connectivity index (χ1v) is 12.2. The van der Waals surface area contributed by atoms with Crippen molar-refractivity contribution in [2.45, 2.75) is 33.0 Å². The number of hydrogen-bond donors (Lipinski definition) is 1. The molecule has 30 heavy (non-hydrogen) atoms. The highest BCUT2D eigenvalue weighted by atomic mass is 32.2. The number of aromatic nitrogens is 3. The van der Waals surface area contributed by atoms with E-state index in [1.165, 1.54) is 0 Å². The lowest BCUT2D eigenvalue weighted by molar-refractivity contribution is 0.0127. The van der Waals surface area contributed by atoms with Gasteiger partial charge in [-0.2, -0.15) is 4.39 Å². The quantitative estimate of drug-likeness (QED) is 0.359. The van der Waals surface area contributed by atoms with Crippen LogP contribution in [-0.4, -0.2) is 105 Å². The molecule has 1 N–H and O–H groups in total. The Morgan fingerprint density at radius 1 is 1.03 bits per heavy atom. The van der Waals surface area contributed by atoms with E-state index in [4.69, 9.17) is 14.2 Å². The van der Waals surface area contributed by atoms with Crippen molar-refractivity contribution in [2.75, 3.05) is 70.8 Å². The van der Waals surface area contributed by atoms with Gasteiger partial charge in [0.25, 0.3) is 0 Å². The van der Waals surface area contributed by atoms with Gasteiger partial charge in [0, 0.05) is 32.2 Å². The van der Waals surface area contributed by atoms with E-state index in [0.29, 0.717) is 58.8 Å². The summed E-state index contributed by atoms with van der Waals surface area (Å²) in [6.45, 7) is 9.11. The molecular weight excluding hydrogens is 417 g/mol. The van der Waals surface area contributed by atoms with Gasteiger partial charge in [0.05, 0.1) is 57.7 Å². The van der Waals surface area contributed by atoms with Gasteiger partial charge in [-0.25, -0.2) is 13.1 Å². The largest absolute Gasteiger partial charge is 0.378 e. The minimum atomic E-state index is -2.96. The molecule has 1 aliphatic heterocycles. The highest BCUT2D eigenvalue weighted by molar-refractivity contribution is 7.91. The van der Waals surface area contributed by atoms with E-state index in [2.05, 4.69) is 29.5 Å². The van der Waals surface area contributed by atoms with Crippen molar-refractivity contribution in [3.05, 3.63) is 11.6 Å². The van der Waals surface area contributed by atoms with Crippen LogP contribution in [0.5, 0.6) is 0 Å². The molecule has 1 fully saturated rings. The highest BCUT2D eigenvalue weighted by Gasteiger charge is 2.24. The van der Waals surface area contributed by atoms with Crippen LogP contribution in [0.15, 0.2) is 0 Å². The van der Waals surface area contributed by atoms with E-state index < -0.39 is 15.8 Å². The van der Waals surface area contributed by atoms with Crippen molar-refractivity contribution in [3.63, 3.8) is 0 Å². The molecule has 0 radical (unpaired) electrons. The Kier molecular flexibility index (Phi) is 11.1. The maximum absolute atomic E-state index is 14.4. The summed E-state index contributed by atoms with van der Waals surface area (Å²) in [5, 5.41) is 11.0. The predicted molar refractivity (Wildman–Crippen MR) is 110 cm³/mol. The van der Waals surface area contributed by atoms with Crippen LogP contribution < -0.4 is 5.32 Å². The third-order valence-electron chi connectivity index (χ3n) is 4.54. The maximum Gasteiger partial charge on any atom is 0.236 e. The summed E-state index contributed by atoms with van der Waals surface area (Å²) in [5.41, 5.74) is 0.223. The number of halogens is 1. The topological polar surface area (TPSA) is 108 Å². The molecule has 2 heterocycles. The molecule has 174 valence electrons. The van der Waals surface area contributed by atoms with Crippen LogP contribution in [0.4, 0.5) is 4.39 Å². The van der Waals surface area contributed by atoms with Gasteiger partial charge in [0.15, 0.2) is 9.84 Å². The molecule has 1 aliphatic rings. The molecule has 2 rings (SSSR count). The van der Waals surface area contributed by atoms with E-state index in [1.54, 1.807) is 0 Å². The summed E-state index contributed by atoms with van der Waals surface area (Å²) in [6.07, 6.45) is 0. The summed E-state index contributed by atoms with van der Waals surface area (Å²) in [7, 11) is -2.96. The Balaban J connectivity index is 1.50. The second kappa shape index (κ2) is 13.3. The molecule has 12 heteroatoms. The Bertz CT molecular complexity index is 702. The monoisotopic (exact) mass is 451 g/mol. The van der Waals surface area contributed by atoms with Crippen LogP contribution in [0.2, 0.25) is 0 Å². The van der Waals surface area contributed by atoms with Crippen LogP contribution in [0, 0.1) is 5.95 Å². The van der Waals surface area contributed by atoms with Gasteiger partial charge in [-0.05, 0) is 0 Å². The molecule has 0 aromatic carbocycles. The van der Waals surface area contributed by atoms with Crippen LogP contribution in [-0.2, 0) is 37.1 Å². The SMILES string of the molecule is CC(C)NCCOCCOCCOCCn1nnc(CN2CCS(=O)(=O)CC2)c1F. The van der Waals surface area contributed by atoms with Crippen LogP contribution in [0.3, 0.4) is 0 Å². The maximum atomic E-state index is 14.4. The number of nitrogens with one attached hydrogen (secondary N) is 1. The van der Waals surface area contributed by atoms with E-state index in [9.17, 15) is 12.8 Å². The van der Waals surface area contributed by atoms with Crippen molar-refractivity contribution in [1.82, 2.24) is 25.2 Å². The van der Waals surface area contributed by atoms with E-state index in [1.807, 2.05) is 4.90 Å². The Labute approximate surface area is 178 Å². The third kappa shape index (κ3) is 9.75. The average Bonchev–Trinajstić information content (AvgIpc) is 3.03. The summed E-state index contributed by atoms with van der Waals surface area (Å²) in [6, 6.07) is 0.454. The number of nitrogens with zero attached hydrogens (tertiary/aromatic N) is 4. The van der Waals surface area contributed by atoms with Crippen molar-refractivity contribution in [1.29, 1.82) is 0 Å². The molecule has 10 nitrogen and oxygen atoms in total. The summed E-state index contributed by atoms with van der Waals surface area (Å²) >= 11 is 0. The first kappa shape index (κ1) is 25.1. The molecule has 0 spiro atoms. The fourth-order valence-electron chi connectivity index (χ4n) is 2.81. The third-order valence-corrected chi connectivity index (χ3v) is 6.15. The fraction of sp³-hybridized carbons (Fsp3) is 0.889. The molecule has 0 amide bonds. The molecule has 0 bridgehead atoms. The van der Waals surface area contributed by atoms with Crippen LogP contribution in [0.1, 0.15) is 19.5 Å². The zero-order chi connectivity index (χ0) is 21.8. The van der Waals surface area contributed by atoms with E-state index in [0.717, 1.165) is 11.2 Å². The molecule has 1 saturated heterocycles. The van der Waals surface area contributed by atoms with E-state index in [-0.39, 0.29) is 30.3 Å². The van der Waals surface area contributed by atoms with E-state index >= 15 is 0 Å². The van der Waals surface area contributed by atoms with Gasteiger partial charge in [-0.3, -0.25) is 4.90 Å². The zero-order valence-corrected chi connectivity index (χ0v) is 18.7. The summed E-state index contributed by atoms with van der Waals surface area (Å²) in [5.74, 6) is -0.312. The average molecular weight is 452 g/mol. The smallest absolute Gasteiger partial charge is 0.236 e. The van der Waals surface area contributed by atoms with Crippen molar-refractivity contribution in [2.24, 2.45) is 0 Å². The van der Waals surface area contributed by atoms with Gasteiger partial charge in [-0.1, -0.05) is 19.1 Å². The lowest BCUT2D eigenvalue weighted by Crippen LogP contribution is -2.39. The standard InChI is InChI=1S/C18H34FN5O5S/c1-16(2)20-3-7-27-9-11-29-12-10-28-8-4-24-18(19)17(21-22-24)15-23-5-13-30(25,26)14-6-23/h16,20H,3-15H2,1-2H3. The minimum Gasteiger partial charge on any atom is -0.378 e. The lowest BCUT2D eigenvalue weighted by atomic mass is 10.4. The van der Waals surface area contributed by atoms with Gasteiger partial charge >= 0.3 is 0 Å². The normalized spacial score (nSPS) is 17.1. The minimum absolute atomic E-state index is 0.0974. The second-order valence-electron chi connectivity index (χ2n) is 7.42. The Morgan fingerprint density at radius 2 is 1.63 bits per heavy atom. The van der Waals surface area contributed by atoms with Crippen LogP contribution >= 0.6 is 0 Å².